The lowest BCUT2D eigenvalue weighted by Gasteiger charge is -2.49. The van der Waals surface area contributed by atoms with Crippen molar-refractivity contribution in [3.63, 3.8) is 0 Å². The highest BCUT2D eigenvalue weighted by Crippen LogP contribution is 2.53. The predicted molar refractivity (Wildman–Crippen MR) is 137 cm³/mol. The fraction of sp³-hybridized carbons (Fsp3) is 0.538. The van der Waals surface area contributed by atoms with E-state index >= 15 is 0 Å². The molecule has 7 rings (SSSR count). The largest absolute Gasteiger partial charge is 0.461 e. The quantitative estimate of drug-likeness (QED) is 0.560. The van der Waals surface area contributed by atoms with E-state index in [9.17, 15) is 14.9 Å². The van der Waals surface area contributed by atoms with Gasteiger partial charge in [-0.15, -0.1) is 11.3 Å². The van der Waals surface area contributed by atoms with Crippen molar-refractivity contribution in [1.82, 2.24) is 19.4 Å². The molecule has 190 valence electrons. The number of hydrogen-bond donors (Lipinski definition) is 1. The van der Waals surface area contributed by atoms with Crippen LogP contribution in [0.5, 0.6) is 6.01 Å². The Morgan fingerprint density at radius 1 is 1.27 bits per heavy atom. The van der Waals surface area contributed by atoms with Gasteiger partial charge in [-0.05, 0) is 37.8 Å². The molecule has 6 heterocycles. The van der Waals surface area contributed by atoms with E-state index < -0.39 is 6.17 Å². The number of rotatable bonds is 4. The van der Waals surface area contributed by atoms with Crippen LogP contribution in [0.3, 0.4) is 0 Å². The Morgan fingerprint density at radius 3 is 2.89 bits per heavy atom. The second kappa shape index (κ2) is 7.80. The maximum Gasteiger partial charge on any atom is 0.320 e. The molecule has 3 aromatic heterocycles. The highest BCUT2D eigenvalue weighted by molar-refractivity contribution is 7.16. The van der Waals surface area contributed by atoms with E-state index in [2.05, 4.69) is 26.9 Å². The van der Waals surface area contributed by atoms with Gasteiger partial charge in [-0.3, -0.25) is 4.90 Å². The van der Waals surface area contributed by atoms with Crippen LogP contribution in [0.15, 0.2) is 6.20 Å². The van der Waals surface area contributed by atoms with Crippen molar-refractivity contribution in [3.05, 3.63) is 27.8 Å². The summed E-state index contributed by atoms with van der Waals surface area (Å²) in [5.74, 6) is 0.675. The van der Waals surface area contributed by atoms with Crippen molar-refractivity contribution in [3.8, 4) is 18.1 Å². The van der Waals surface area contributed by atoms with Crippen molar-refractivity contribution in [2.45, 2.75) is 49.2 Å². The second-order valence-corrected chi connectivity index (χ2v) is 12.2. The zero-order valence-electron chi connectivity index (χ0n) is 20.6. The summed E-state index contributed by atoms with van der Waals surface area (Å²) >= 11 is 1.53. The number of thiophene rings is 1. The van der Waals surface area contributed by atoms with Crippen molar-refractivity contribution in [2.75, 3.05) is 43.4 Å². The van der Waals surface area contributed by atoms with Crippen LogP contribution < -0.4 is 15.4 Å². The van der Waals surface area contributed by atoms with Gasteiger partial charge < -0.3 is 19.9 Å². The maximum atomic E-state index is 14.3. The van der Waals surface area contributed by atoms with Gasteiger partial charge >= 0.3 is 6.01 Å². The highest BCUT2D eigenvalue weighted by atomic mass is 32.1. The van der Waals surface area contributed by atoms with Gasteiger partial charge in [0.25, 0.3) is 0 Å². The van der Waals surface area contributed by atoms with Crippen LogP contribution in [0.2, 0.25) is 0 Å². The Bertz CT molecular complexity index is 1530. The molecular formula is C26H27FN8OS. The van der Waals surface area contributed by atoms with E-state index in [4.69, 9.17) is 15.5 Å². The SMILES string of the molecule is Cn1cc(C#N)c2c(N3CC4(CCc5sc(N)c(C#N)c54)C3)nc(OC[C@@]34CCCN3C[C@H](F)C4)nc21. The Kier molecular flexibility index (Phi) is 4.80. The van der Waals surface area contributed by atoms with Crippen LogP contribution in [0.4, 0.5) is 15.2 Å². The fourth-order valence-electron chi connectivity index (χ4n) is 7.23. The molecule has 3 fully saturated rings. The third-order valence-electron chi connectivity index (χ3n) is 8.90. The third-order valence-corrected chi connectivity index (χ3v) is 9.97. The average molecular weight is 519 g/mol. The minimum Gasteiger partial charge on any atom is -0.461 e. The molecule has 3 aliphatic heterocycles. The van der Waals surface area contributed by atoms with Crippen molar-refractivity contribution < 1.29 is 9.13 Å². The van der Waals surface area contributed by atoms with Crippen LogP contribution >= 0.6 is 11.3 Å². The summed E-state index contributed by atoms with van der Waals surface area (Å²) in [7, 11) is 1.86. The standard InChI is InChI=1S/C26H27FN8OS/c1-33-10-15(8-28)19-22(33)31-24(36-14-26-4-2-6-35(26)11-16(27)7-26)32-23(19)34-12-25(13-34)5-3-18-20(25)17(9-29)21(30)37-18/h10,16H,2-7,11-14,30H2,1H3/t16-,26+/m1/s1. The van der Waals surface area contributed by atoms with Crippen molar-refractivity contribution in [1.29, 1.82) is 10.5 Å². The zero-order chi connectivity index (χ0) is 25.5. The normalized spacial score (nSPS) is 25.7. The van der Waals surface area contributed by atoms with Gasteiger partial charge in [0.15, 0.2) is 5.65 Å². The number of nitriles is 2. The molecule has 4 aliphatic rings. The molecule has 0 saturated carbocycles. The van der Waals surface area contributed by atoms with E-state index in [-0.39, 0.29) is 17.0 Å². The number of aryl methyl sites for hydroxylation is 2. The van der Waals surface area contributed by atoms with Gasteiger partial charge in [-0.2, -0.15) is 20.5 Å². The third kappa shape index (κ3) is 3.14. The molecule has 2 N–H and O–H groups in total. The Balaban J connectivity index is 1.23. The molecule has 0 unspecified atom stereocenters. The van der Waals surface area contributed by atoms with Gasteiger partial charge in [0, 0.05) is 49.6 Å². The first kappa shape index (κ1) is 22.8. The number of nitrogens with two attached hydrogens (primary N) is 1. The van der Waals surface area contributed by atoms with E-state index in [1.807, 2.05) is 11.6 Å². The molecule has 0 radical (unpaired) electrons. The summed E-state index contributed by atoms with van der Waals surface area (Å²) in [5.41, 5.74) is 8.61. The monoisotopic (exact) mass is 518 g/mol. The Hall–Kier alpha value is -3.41. The molecule has 1 spiro atoms. The molecule has 2 atom stereocenters. The van der Waals surface area contributed by atoms with Crippen molar-refractivity contribution in [2.24, 2.45) is 7.05 Å². The predicted octanol–water partition coefficient (Wildman–Crippen LogP) is 3.01. The molecule has 1 aliphatic carbocycles. The molecule has 0 aromatic carbocycles. The molecule has 11 heteroatoms. The summed E-state index contributed by atoms with van der Waals surface area (Å²) in [6.07, 6.45) is 5.27. The first-order valence-corrected chi connectivity index (χ1v) is 13.5. The Labute approximate surface area is 217 Å². The van der Waals surface area contributed by atoms with E-state index in [1.54, 1.807) is 6.20 Å². The lowest BCUT2D eigenvalue weighted by molar-refractivity contribution is 0.107. The van der Waals surface area contributed by atoms with Crippen molar-refractivity contribution >= 4 is 33.2 Å². The van der Waals surface area contributed by atoms with Gasteiger partial charge in [-0.1, -0.05) is 0 Å². The number of halogens is 1. The fourth-order valence-corrected chi connectivity index (χ4v) is 8.37. The number of fused-ring (bicyclic) bond motifs is 4. The van der Waals surface area contributed by atoms with E-state index in [0.29, 0.717) is 65.6 Å². The number of anilines is 2. The summed E-state index contributed by atoms with van der Waals surface area (Å²) in [4.78, 5) is 15.1. The maximum absolute atomic E-state index is 14.3. The lowest BCUT2D eigenvalue weighted by atomic mass is 9.74. The highest BCUT2D eigenvalue weighted by Gasteiger charge is 2.52. The molecule has 3 aromatic rings. The minimum atomic E-state index is -0.827. The van der Waals surface area contributed by atoms with Gasteiger partial charge in [0.1, 0.15) is 35.7 Å². The molecule has 3 saturated heterocycles. The number of alkyl halides is 1. The zero-order valence-corrected chi connectivity index (χ0v) is 21.4. The topological polar surface area (TPSA) is 120 Å². The molecule has 9 nitrogen and oxygen atoms in total. The lowest BCUT2D eigenvalue weighted by Crippen LogP contribution is -2.59. The van der Waals surface area contributed by atoms with Crippen LogP contribution in [0, 0.1) is 22.7 Å². The van der Waals surface area contributed by atoms with Gasteiger partial charge in [-0.25, -0.2) is 4.39 Å². The van der Waals surface area contributed by atoms with Crippen LogP contribution in [0.25, 0.3) is 11.0 Å². The molecule has 0 amide bonds. The number of aromatic nitrogens is 3. The number of nitrogens with zero attached hydrogens (tertiary/aromatic N) is 7. The summed E-state index contributed by atoms with van der Waals surface area (Å²) in [6.45, 7) is 3.09. The van der Waals surface area contributed by atoms with Crippen LogP contribution in [0.1, 0.15) is 47.3 Å². The Morgan fingerprint density at radius 2 is 2.11 bits per heavy atom. The summed E-state index contributed by atoms with van der Waals surface area (Å²) in [5, 5.41) is 20.9. The van der Waals surface area contributed by atoms with Gasteiger partial charge in [0.2, 0.25) is 0 Å². The number of nitrogen functional groups attached to an aromatic ring is 1. The molecule has 37 heavy (non-hydrogen) atoms. The second-order valence-electron chi connectivity index (χ2n) is 11.0. The minimum absolute atomic E-state index is 0.127. The summed E-state index contributed by atoms with van der Waals surface area (Å²) in [6, 6.07) is 4.86. The van der Waals surface area contributed by atoms with Gasteiger partial charge in [0.05, 0.1) is 22.1 Å². The van der Waals surface area contributed by atoms with E-state index in [0.717, 1.165) is 37.8 Å². The van der Waals surface area contributed by atoms with E-state index in [1.165, 1.54) is 16.2 Å². The van der Waals surface area contributed by atoms with Crippen LogP contribution in [-0.2, 0) is 18.9 Å². The summed E-state index contributed by atoms with van der Waals surface area (Å²) < 4.78 is 22.3. The number of hydrogen-bond acceptors (Lipinski definition) is 9. The molecule has 0 bridgehead atoms. The molecular weight excluding hydrogens is 491 g/mol. The number of ether oxygens (including phenoxy) is 1. The average Bonchev–Trinajstić information content (AvgIpc) is 3.62. The first-order chi connectivity index (χ1) is 17.9. The first-order valence-electron chi connectivity index (χ1n) is 12.7. The smallest absolute Gasteiger partial charge is 0.320 e. The van der Waals surface area contributed by atoms with Crippen LogP contribution in [-0.4, -0.2) is 63.9 Å².